The number of aliphatic hydroxyl groups excluding tert-OH is 1. The summed E-state index contributed by atoms with van der Waals surface area (Å²) in [5, 5.41) is 11.0. The van der Waals surface area contributed by atoms with E-state index in [1.165, 1.54) is 31.3 Å². The highest BCUT2D eigenvalue weighted by molar-refractivity contribution is 6.46. The highest BCUT2D eigenvalue weighted by atomic mass is 19.1. The smallest absolute Gasteiger partial charge is 0.295 e. The molecule has 29 heavy (non-hydrogen) atoms. The van der Waals surface area contributed by atoms with Gasteiger partial charge in [-0.25, -0.2) is 4.39 Å². The van der Waals surface area contributed by atoms with E-state index in [1.54, 1.807) is 6.07 Å². The molecule has 0 aliphatic carbocycles. The van der Waals surface area contributed by atoms with E-state index in [-0.39, 0.29) is 30.0 Å². The second-order valence-electron chi connectivity index (χ2n) is 6.74. The number of hydrogen-bond donors (Lipinski definition) is 1. The average molecular weight is 399 g/mol. The van der Waals surface area contributed by atoms with E-state index in [0.717, 1.165) is 11.6 Å². The van der Waals surface area contributed by atoms with E-state index in [4.69, 9.17) is 9.47 Å². The normalized spacial score (nSPS) is 18.3. The largest absolute Gasteiger partial charge is 0.507 e. The molecular formula is C22H22FNO5. The van der Waals surface area contributed by atoms with Gasteiger partial charge in [0.1, 0.15) is 17.3 Å². The van der Waals surface area contributed by atoms with Crippen molar-refractivity contribution in [2.24, 2.45) is 0 Å². The Labute approximate surface area is 168 Å². The standard InChI is InChI=1S/C22H22FNO5/c1-13-5-4-6-14(11-13)19-18(21(26)22(27)24(19)9-10-28-2)20(25)16-12-15(23)7-8-17(16)29-3/h4-8,11-12,19,25H,9-10H2,1-3H3/b20-18+. The molecule has 1 fully saturated rings. The van der Waals surface area contributed by atoms with Crippen molar-refractivity contribution in [1.29, 1.82) is 0 Å². The van der Waals surface area contributed by atoms with E-state index < -0.39 is 29.3 Å². The second-order valence-corrected chi connectivity index (χ2v) is 6.74. The van der Waals surface area contributed by atoms with Gasteiger partial charge in [0.15, 0.2) is 0 Å². The number of amides is 1. The molecule has 1 unspecified atom stereocenters. The number of nitrogens with zero attached hydrogens (tertiary/aromatic N) is 1. The van der Waals surface area contributed by atoms with Crippen LogP contribution < -0.4 is 4.74 Å². The second kappa shape index (κ2) is 8.45. The number of aryl methyl sites for hydroxylation is 1. The summed E-state index contributed by atoms with van der Waals surface area (Å²) in [7, 11) is 2.87. The predicted molar refractivity (Wildman–Crippen MR) is 105 cm³/mol. The van der Waals surface area contributed by atoms with Gasteiger partial charge in [0.05, 0.1) is 30.9 Å². The summed E-state index contributed by atoms with van der Waals surface area (Å²) in [4.78, 5) is 26.9. The maximum atomic E-state index is 13.9. The number of hydrogen-bond acceptors (Lipinski definition) is 5. The lowest BCUT2D eigenvalue weighted by Gasteiger charge is -2.25. The third-order valence-electron chi connectivity index (χ3n) is 4.85. The van der Waals surface area contributed by atoms with Crippen molar-refractivity contribution in [1.82, 2.24) is 4.90 Å². The molecule has 6 nitrogen and oxygen atoms in total. The Morgan fingerprint density at radius 2 is 1.93 bits per heavy atom. The van der Waals surface area contributed by atoms with Gasteiger partial charge in [-0.05, 0) is 30.7 Å². The molecule has 3 rings (SSSR count). The maximum Gasteiger partial charge on any atom is 0.295 e. The van der Waals surface area contributed by atoms with E-state index >= 15 is 0 Å². The molecule has 1 atom stereocenters. The van der Waals surface area contributed by atoms with Gasteiger partial charge in [-0.1, -0.05) is 29.8 Å². The summed E-state index contributed by atoms with van der Waals surface area (Å²) in [6, 6.07) is 10.1. The lowest BCUT2D eigenvalue weighted by Crippen LogP contribution is -2.32. The molecule has 2 aromatic carbocycles. The zero-order valence-corrected chi connectivity index (χ0v) is 16.4. The number of carbonyl (C=O) groups excluding carboxylic acids is 2. The predicted octanol–water partition coefficient (Wildman–Crippen LogP) is 3.21. The lowest BCUT2D eigenvalue weighted by molar-refractivity contribution is -0.140. The first kappa shape index (κ1) is 20.5. The Bertz CT molecular complexity index is 985. The molecule has 1 heterocycles. The van der Waals surface area contributed by atoms with Gasteiger partial charge in [0.25, 0.3) is 11.7 Å². The fourth-order valence-corrected chi connectivity index (χ4v) is 3.50. The summed E-state index contributed by atoms with van der Waals surface area (Å²) in [6.07, 6.45) is 0. The van der Waals surface area contributed by atoms with Crippen LogP contribution in [-0.4, -0.2) is 49.1 Å². The van der Waals surface area contributed by atoms with Crippen molar-refractivity contribution in [2.75, 3.05) is 27.4 Å². The lowest BCUT2D eigenvalue weighted by atomic mass is 9.94. The third kappa shape index (κ3) is 3.86. The van der Waals surface area contributed by atoms with Gasteiger partial charge >= 0.3 is 0 Å². The highest BCUT2D eigenvalue weighted by Gasteiger charge is 2.46. The molecule has 0 bridgehead atoms. The highest BCUT2D eigenvalue weighted by Crippen LogP contribution is 2.41. The zero-order valence-electron chi connectivity index (χ0n) is 16.4. The van der Waals surface area contributed by atoms with Crippen molar-refractivity contribution in [2.45, 2.75) is 13.0 Å². The minimum Gasteiger partial charge on any atom is -0.507 e. The summed E-state index contributed by atoms with van der Waals surface area (Å²) < 4.78 is 24.1. The van der Waals surface area contributed by atoms with Crippen molar-refractivity contribution in [3.05, 3.63) is 70.5 Å². The summed E-state index contributed by atoms with van der Waals surface area (Å²) in [5.74, 6) is -2.48. The number of methoxy groups -OCH3 is 2. The Morgan fingerprint density at radius 3 is 2.59 bits per heavy atom. The van der Waals surface area contributed by atoms with Crippen LogP contribution in [0.5, 0.6) is 5.75 Å². The molecule has 7 heteroatoms. The van der Waals surface area contributed by atoms with Crippen LogP contribution in [0.15, 0.2) is 48.0 Å². The van der Waals surface area contributed by atoms with Crippen molar-refractivity contribution in [3.8, 4) is 5.75 Å². The zero-order chi connectivity index (χ0) is 21.1. The van der Waals surface area contributed by atoms with Crippen molar-refractivity contribution in [3.63, 3.8) is 0 Å². The summed E-state index contributed by atoms with van der Waals surface area (Å²) in [5.41, 5.74) is 1.50. The van der Waals surface area contributed by atoms with Crippen LogP contribution in [0.4, 0.5) is 4.39 Å². The molecule has 1 amide bonds. The van der Waals surface area contributed by atoms with Crippen LogP contribution in [-0.2, 0) is 14.3 Å². The van der Waals surface area contributed by atoms with E-state index in [0.29, 0.717) is 5.56 Å². The molecule has 0 saturated carbocycles. The van der Waals surface area contributed by atoms with Crippen molar-refractivity contribution >= 4 is 17.4 Å². The molecular weight excluding hydrogens is 377 g/mol. The van der Waals surface area contributed by atoms with Gasteiger partial charge in [-0.3, -0.25) is 9.59 Å². The first-order chi connectivity index (χ1) is 13.9. The third-order valence-corrected chi connectivity index (χ3v) is 4.85. The molecule has 0 spiro atoms. The maximum absolute atomic E-state index is 13.9. The first-order valence-electron chi connectivity index (χ1n) is 9.06. The Kier molecular flexibility index (Phi) is 5.98. The number of rotatable bonds is 6. The van der Waals surface area contributed by atoms with Gasteiger partial charge in [0.2, 0.25) is 0 Å². The van der Waals surface area contributed by atoms with Crippen LogP contribution in [0.25, 0.3) is 5.76 Å². The Hall–Kier alpha value is -3.19. The molecule has 1 N–H and O–H groups in total. The van der Waals surface area contributed by atoms with Gasteiger partial charge in [-0.15, -0.1) is 0 Å². The molecule has 0 aromatic heterocycles. The monoisotopic (exact) mass is 399 g/mol. The van der Waals surface area contributed by atoms with E-state index in [2.05, 4.69) is 0 Å². The van der Waals surface area contributed by atoms with E-state index in [9.17, 15) is 19.1 Å². The van der Waals surface area contributed by atoms with Gasteiger partial charge < -0.3 is 19.5 Å². The Balaban J connectivity index is 2.23. The first-order valence-corrected chi connectivity index (χ1v) is 9.06. The number of carbonyl (C=O) groups is 2. The van der Waals surface area contributed by atoms with Crippen LogP contribution in [0.3, 0.4) is 0 Å². The average Bonchev–Trinajstić information content (AvgIpc) is 2.96. The van der Waals surface area contributed by atoms with Crippen molar-refractivity contribution < 1.29 is 28.6 Å². The van der Waals surface area contributed by atoms with Gasteiger partial charge in [0, 0.05) is 13.7 Å². The minimum atomic E-state index is -0.837. The number of ether oxygens (including phenoxy) is 2. The Morgan fingerprint density at radius 1 is 1.17 bits per heavy atom. The van der Waals surface area contributed by atoms with Gasteiger partial charge in [-0.2, -0.15) is 0 Å². The van der Waals surface area contributed by atoms with E-state index in [1.807, 2.05) is 25.1 Å². The molecule has 1 saturated heterocycles. The fourth-order valence-electron chi connectivity index (χ4n) is 3.50. The number of aliphatic hydroxyl groups is 1. The topological polar surface area (TPSA) is 76.1 Å². The number of ketones is 1. The number of halogens is 1. The summed E-state index contributed by atoms with van der Waals surface area (Å²) >= 11 is 0. The molecule has 2 aromatic rings. The number of likely N-dealkylation sites (tertiary alicyclic amines) is 1. The minimum absolute atomic E-state index is 0.00916. The molecule has 152 valence electrons. The van der Waals surface area contributed by atoms with Crippen LogP contribution in [0.2, 0.25) is 0 Å². The number of Topliss-reactive ketones (excluding diaryl/α,β-unsaturated/α-hetero) is 1. The molecule has 1 aliphatic rings. The summed E-state index contributed by atoms with van der Waals surface area (Å²) in [6.45, 7) is 2.27. The quantitative estimate of drug-likeness (QED) is 0.459. The van der Waals surface area contributed by atoms with Crippen LogP contribution >= 0.6 is 0 Å². The van der Waals surface area contributed by atoms with Crippen LogP contribution in [0.1, 0.15) is 22.7 Å². The fraction of sp³-hybridized carbons (Fsp3) is 0.273. The van der Waals surface area contributed by atoms with Crippen LogP contribution in [0, 0.1) is 12.7 Å². The molecule has 0 radical (unpaired) electrons. The number of benzene rings is 2. The molecule has 1 aliphatic heterocycles. The SMILES string of the molecule is COCCN1C(=O)C(=O)/C(=C(/O)c2cc(F)ccc2OC)C1c1cccc(C)c1.